The summed E-state index contributed by atoms with van der Waals surface area (Å²) in [5.74, 6) is 0.151. The smallest absolute Gasteiger partial charge is 0.225 e. The van der Waals surface area contributed by atoms with Crippen LogP contribution in [0.15, 0.2) is 17.5 Å². The molecule has 3 nitrogen and oxygen atoms in total. The fraction of sp³-hybridized carbons (Fsp3) is 0.688. The number of nitrogens with one attached hydrogen (secondary N) is 1. The van der Waals surface area contributed by atoms with Gasteiger partial charge in [-0.25, -0.2) is 0 Å². The summed E-state index contributed by atoms with van der Waals surface area (Å²) >= 11 is 1.65. The third-order valence-electron chi connectivity index (χ3n) is 4.08. The molecule has 1 aliphatic rings. The van der Waals surface area contributed by atoms with E-state index in [4.69, 9.17) is 0 Å². The van der Waals surface area contributed by atoms with E-state index in [2.05, 4.69) is 17.1 Å². The van der Waals surface area contributed by atoms with Crippen molar-refractivity contribution < 1.29 is 4.79 Å². The van der Waals surface area contributed by atoms with Crippen LogP contribution in [0.4, 0.5) is 0 Å². The quantitative estimate of drug-likeness (QED) is 0.784. The first-order valence-corrected chi connectivity index (χ1v) is 8.70. The second-order valence-electron chi connectivity index (χ2n) is 5.55. The molecule has 1 aromatic rings. The van der Waals surface area contributed by atoms with E-state index >= 15 is 0 Å². The van der Waals surface area contributed by atoms with Crippen molar-refractivity contribution in [1.82, 2.24) is 10.2 Å². The Bertz CT molecular complexity index is 391. The second-order valence-corrected chi connectivity index (χ2v) is 6.59. The van der Waals surface area contributed by atoms with E-state index in [1.807, 2.05) is 17.5 Å². The van der Waals surface area contributed by atoms with Gasteiger partial charge in [-0.2, -0.15) is 0 Å². The molecule has 2 rings (SSSR count). The monoisotopic (exact) mass is 294 g/mol. The van der Waals surface area contributed by atoms with Crippen LogP contribution < -0.4 is 5.32 Å². The maximum atomic E-state index is 11.8. The zero-order valence-corrected chi connectivity index (χ0v) is 13.3. The van der Waals surface area contributed by atoms with Gasteiger partial charge in [-0.3, -0.25) is 4.79 Å². The third-order valence-corrected chi connectivity index (χ3v) is 4.96. The van der Waals surface area contributed by atoms with Crippen molar-refractivity contribution in [3.05, 3.63) is 22.4 Å². The Morgan fingerprint density at radius 2 is 2.40 bits per heavy atom. The highest BCUT2D eigenvalue weighted by molar-refractivity contribution is 7.10. The average Bonchev–Trinajstić information content (AvgIpc) is 2.97. The standard InChI is InChI=1S/C16H26N2OS/c1-2-14-7-3-4-10-18(14)11-6-9-17-16(19)13-15-8-5-12-20-15/h5,8,12,14H,2-4,6-7,9-11,13H2,1H3,(H,17,19). The Morgan fingerprint density at radius 3 is 3.15 bits per heavy atom. The number of hydrogen-bond acceptors (Lipinski definition) is 3. The molecule has 1 aromatic heterocycles. The number of thiophene rings is 1. The summed E-state index contributed by atoms with van der Waals surface area (Å²) in [6.07, 6.45) is 6.91. The van der Waals surface area contributed by atoms with E-state index < -0.39 is 0 Å². The number of likely N-dealkylation sites (tertiary alicyclic amines) is 1. The minimum absolute atomic E-state index is 0.151. The van der Waals surface area contributed by atoms with Crippen LogP contribution in [-0.4, -0.2) is 36.5 Å². The molecule has 1 atom stereocenters. The maximum absolute atomic E-state index is 11.8. The van der Waals surface area contributed by atoms with Crippen molar-refractivity contribution in [2.24, 2.45) is 0 Å². The Labute approximate surface area is 126 Å². The van der Waals surface area contributed by atoms with Gasteiger partial charge in [-0.05, 0) is 43.7 Å². The zero-order valence-electron chi connectivity index (χ0n) is 12.4. The van der Waals surface area contributed by atoms with Crippen LogP contribution in [0.2, 0.25) is 0 Å². The van der Waals surface area contributed by atoms with Crippen molar-refractivity contribution in [3.63, 3.8) is 0 Å². The highest BCUT2D eigenvalue weighted by Gasteiger charge is 2.19. The predicted molar refractivity (Wildman–Crippen MR) is 85.2 cm³/mol. The highest BCUT2D eigenvalue weighted by atomic mass is 32.1. The van der Waals surface area contributed by atoms with E-state index in [9.17, 15) is 4.79 Å². The summed E-state index contributed by atoms with van der Waals surface area (Å²) in [6, 6.07) is 4.78. The van der Waals surface area contributed by atoms with Gasteiger partial charge in [0.15, 0.2) is 0 Å². The Morgan fingerprint density at radius 1 is 1.50 bits per heavy atom. The van der Waals surface area contributed by atoms with Crippen molar-refractivity contribution in [2.75, 3.05) is 19.6 Å². The van der Waals surface area contributed by atoms with E-state index in [1.165, 1.54) is 32.2 Å². The summed E-state index contributed by atoms with van der Waals surface area (Å²) < 4.78 is 0. The lowest BCUT2D eigenvalue weighted by atomic mass is 10.00. The maximum Gasteiger partial charge on any atom is 0.225 e. The average molecular weight is 294 g/mol. The summed E-state index contributed by atoms with van der Waals surface area (Å²) in [6.45, 7) is 5.45. The van der Waals surface area contributed by atoms with Crippen LogP contribution in [0.5, 0.6) is 0 Å². The summed E-state index contributed by atoms with van der Waals surface area (Å²) in [7, 11) is 0. The van der Waals surface area contributed by atoms with Crippen LogP contribution in [0, 0.1) is 0 Å². The highest BCUT2D eigenvalue weighted by Crippen LogP contribution is 2.19. The summed E-state index contributed by atoms with van der Waals surface area (Å²) in [5.41, 5.74) is 0. The predicted octanol–water partition coefficient (Wildman–Crippen LogP) is 3.06. The van der Waals surface area contributed by atoms with Crippen molar-refractivity contribution in [2.45, 2.75) is 51.5 Å². The molecule has 2 heterocycles. The number of hydrogen-bond donors (Lipinski definition) is 1. The SMILES string of the molecule is CCC1CCCCN1CCCNC(=O)Cc1cccs1. The van der Waals surface area contributed by atoms with E-state index in [0.717, 1.165) is 30.4 Å². The van der Waals surface area contributed by atoms with Crippen molar-refractivity contribution in [1.29, 1.82) is 0 Å². The van der Waals surface area contributed by atoms with Crippen LogP contribution in [0.3, 0.4) is 0 Å². The number of piperidine rings is 1. The first-order chi connectivity index (χ1) is 9.79. The topological polar surface area (TPSA) is 32.3 Å². The molecular weight excluding hydrogens is 268 g/mol. The molecule has 1 unspecified atom stereocenters. The van der Waals surface area contributed by atoms with Crippen LogP contribution in [0.1, 0.15) is 43.9 Å². The molecule has 0 saturated carbocycles. The van der Waals surface area contributed by atoms with Gasteiger partial charge < -0.3 is 10.2 Å². The first-order valence-electron chi connectivity index (χ1n) is 7.82. The lowest BCUT2D eigenvalue weighted by molar-refractivity contribution is -0.120. The van der Waals surface area contributed by atoms with E-state index in [1.54, 1.807) is 11.3 Å². The van der Waals surface area contributed by atoms with Crippen LogP contribution in [0.25, 0.3) is 0 Å². The zero-order chi connectivity index (χ0) is 14.2. The fourth-order valence-corrected chi connectivity index (χ4v) is 3.66. The number of amides is 1. The lowest BCUT2D eigenvalue weighted by Gasteiger charge is -2.35. The van der Waals surface area contributed by atoms with Gasteiger partial charge in [0.2, 0.25) is 5.91 Å². The van der Waals surface area contributed by atoms with Gasteiger partial charge in [-0.15, -0.1) is 11.3 Å². The number of carbonyl (C=O) groups excluding carboxylic acids is 1. The molecule has 1 N–H and O–H groups in total. The molecule has 1 fully saturated rings. The molecule has 1 saturated heterocycles. The Balaban J connectivity index is 1.59. The first kappa shape index (κ1) is 15.5. The van der Waals surface area contributed by atoms with E-state index in [0.29, 0.717) is 6.42 Å². The second kappa shape index (κ2) is 8.42. The molecule has 0 aromatic carbocycles. The number of nitrogens with zero attached hydrogens (tertiary/aromatic N) is 1. The molecular formula is C16H26N2OS. The molecule has 112 valence electrons. The van der Waals surface area contributed by atoms with Gasteiger partial charge in [0, 0.05) is 24.0 Å². The Hall–Kier alpha value is -0.870. The van der Waals surface area contributed by atoms with Gasteiger partial charge in [0.1, 0.15) is 0 Å². The van der Waals surface area contributed by atoms with Gasteiger partial charge in [0.05, 0.1) is 6.42 Å². The largest absolute Gasteiger partial charge is 0.356 e. The molecule has 0 bridgehead atoms. The fourth-order valence-electron chi connectivity index (χ4n) is 2.96. The number of rotatable bonds is 7. The summed E-state index contributed by atoms with van der Waals surface area (Å²) in [5, 5.41) is 5.05. The normalized spacial score (nSPS) is 19.9. The van der Waals surface area contributed by atoms with Crippen molar-refractivity contribution in [3.8, 4) is 0 Å². The van der Waals surface area contributed by atoms with Crippen LogP contribution >= 0.6 is 11.3 Å². The molecule has 0 spiro atoms. The van der Waals surface area contributed by atoms with Gasteiger partial charge >= 0.3 is 0 Å². The van der Waals surface area contributed by atoms with Gasteiger partial charge in [0.25, 0.3) is 0 Å². The minimum Gasteiger partial charge on any atom is -0.356 e. The van der Waals surface area contributed by atoms with Gasteiger partial charge in [-0.1, -0.05) is 19.4 Å². The molecule has 1 amide bonds. The molecule has 4 heteroatoms. The van der Waals surface area contributed by atoms with E-state index in [-0.39, 0.29) is 5.91 Å². The summed E-state index contributed by atoms with van der Waals surface area (Å²) in [4.78, 5) is 15.5. The van der Waals surface area contributed by atoms with Crippen LogP contribution in [-0.2, 0) is 11.2 Å². The minimum atomic E-state index is 0.151. The molecule has 1 aliphatic heterocycles. The third kappa shape index (κ3) is 4.91. The van der Waals surface area contributed by atoms with Crippen molar-refractivity contribution >= 4 is 17.2 Å². The molecule has 0 radical (unpaired) electrons. The number of carbonyl (C=O) groups is 1. The lowest BCUT2D eigenvalue weighted by Crippen LogP contribution is -2.40. The molecule has 0 aliphatic carbocycles. The Kier molecular flexibility index (Phi) is 6.54. The molecule has 20 heavy (non-hydrogen) atoms.